The number of benzene rings is 2. The Morgan fingerprint density at radius 1 is 0.958 bits per heavy atom. The van der Waals surface area contributed by atoms with Crippen molar-refractivity contribution in [1.82, 2.24) is 0 Å². The summed E-state index contributed by atoms with van der Waals surface area (Å²) in [6.07, 6.45) is 1.55. The first-order valence-electron chi connectivity index (χ1n) is 6.82. The molecule has 122 valence electrons. The molecule has 0 saturated carbocycles. The van der Waals surface area contributed by atoms with Gasteiger partial charge in [-0.15, -0.1) is 0 Å². The minimum Gasteiger partial charge on any atom is -0.455 e. The van der Waals surface area contributed by atoms with Gasteiger partial charge < -0.3 is 4.42 Å². The third-order valence-electron chi connectivity index (χ3n) is 3.13. The lowest BCUT2D eigenvalue weighted by molar-refractivity contribution is 0.575. The van der Waals surface area contributed by atoms with E-state index in [1.807, 2.05) is 36.4 Å². The standard InChI is InChI=1S/C17H10BrCl3N2O/c18-11-3-1-10(2-4-11)16-6-5-13(24-16)9-22-23-17-14(20)7-12(19)8-15(17)21/h1-9,23H/b22-9+. The second kappa shape index (κ2) is 7.62. The molecular weight excluding hydrogens is 434 g/mol. The Hall–Kier alpha value is -1.46. The van der Waals surface area contributed by atoms with Crippen molar-refractivity contribution in [3.8, 4) is 11.3 Å². The number of hydrogen-bond donors (Lipinski definition) is 1. The first-order chi connectivity index (χ1) is 11.5. The maximum Gasteiger partial charge on any atom is 0.147 e. The summed E-state index contributed by atoms with van der Waals surface area (Å²) in [6.45, 7) is 0. The van der Waals surface area contributed by atoms with Crippen LogP contribution in [-0.4, -0.2) is 6.21 Å². The molecule has 3 nitrogen and oxygen atoms in total. The molecule has 0 atom stereocenters. The molecule has 0 bridgehead atoms. The lowest BCUT2D eigenvalue weighted by atomic mass is 10.2. The van der Waals surface area contributed by atoms with Crippen LogP contribution in [0.1, 0.15) is 5.76 Å². The molecule has 1 N–H and O–H groups in total. The third-order valence-corrected chi connectivity index (χ3v) is 4.47. The average molecular weight is 445 g/mol. The number of anilines is 1. The molecule has 0 saturated heterocycles. The van der Waals surface area contributed by atoms with Crippen LogP contribution < -0.4 is 5.43 Å². The molecule has 1 aromatic heterocycles. The summed E-state index contributed by atoms with van der Waals surface area (Å²) >= 11 is 21.4. The molecule has 0 aliphatic rings. The number of hydrogen-bond acceptors (Lipinski definition) is 3. The first kappa shape index (κ1) is 17.4. The second-order valence-electron chi connectivity index (χ2n) is 4.82. The van der Waals surface area contributed by atoms with Gasteiger partial charge in [0.1, 0.15) is 11.5 Å². The zero-order valence-electron chi connectivity index (χ0n) is 12.1. The average Bonchev–Trinajstić information content (AvgIpc) is 2.99. The minimum absolute atomic E-state index is 0.389. The fraction of sp³-hybridized carbons (Fsp3) is 0. The summed E-state index contributed by atoms with van der Waals surface area (Å²) in [6, 6.07) is 14.7. The predicted molar refractivity (Wildman–Crippen MR) is 105 cm³/mol. The zero-order valence-corrected chi connectivity index (χ0v) is 15.9. The summed E-state index contributed by atoms with van der Waals surface area (Å²) in [5.41, 5.74) is 4.26. The first-order valence-corrected chi connectivity index (χ1v) is 8.75. The minimum atomic E-state index is 0.389. The van der Waals surface area contributed by atoms with Crippen LogP contribution in [0.2, 0.25) is 15.1 Å². The van der Waals surface area contributed by atoms with Crippen LogP contribution >= 0.6 is 50.7 Å². The van der Waals surface area contributed by atoms with Crippen molar-refractivity contribution in [2.75, 3.05) is 5.43 Å². The lowest BCUT2D eigenvalue weighted by Gasteiger charge is -2.06. The number of hydrazone groups is 1. The fourth-order valence-corrected chi connectivity index (χ4v) is 3.17. The van der Waals surface area contributed by atoms with E-state index in [2.05, 4.69) is 26.5 Å². The maximum atomic E-state index is 6.08. The maximum absolute atomic E-state index is 6.08. The van der Waals surface area contributed by atoms with Gasteiger partial charge in [0.15, 0.2) is 0 Å². The molecule has 0 unspecified atom stereocenters. The van der Waals surface area contributed by atoms with Crippen LogP contribution in [-0.2, 0) is 0 Å². The molecule has 24 heavy (non-hydrogen) atoms. The number of rotatable bonds is 4. The lowest BCUT2D eigenvalue weighted by Crippen LogP contribution is -1.92. The van der Waals surface area contributed by atoms with Crippen LogP contribution in [0.3, 0.4) is 0 Å². The Bertz CT molecular complexity index is 868. The van der Waals surface area contributed by atoms with Gasteiger partial charge in [-0.2, -0.15) is 5.10 Å². The van der Waals surface area contributed by atoms with Crippen molar-refractivity contribution in [3.63, 3.8) is 0 Å². The molecule has 0 aliphatic heterocycles. The van der Waals surface area contributed by atoms with Gasteiger partial charge in [0.05, 0.1) is 21.9 Å². The van der Waals surface area contributed by atoms with Gasteiger partial charge in [-0.25, -0.2) is 0 Å². The normalized spacial score (nSPS) is 11.2. The van der Waals surface area contributed by atoms with Crippen LogP contribution in [0.15, 0.2) is 62.5 Å². The number of nitrogens with zero attached hydrogens (tertiary/aromatic N) is 1. The van der Waals surface area contributed by atoms with Gasteiger partial charge in [0.25, 0.3) is 0 Å². The zero-order chi connectivity index (χ0) is 17.1. The molecule has 3 aromatic rings. The van der Waals surface area contributed by atoms with Gasteiger partial charge in [0.2, 0.25) is 0 Å². The highest BCUT2D eigenvalue weighted by Crippen LogP contribution is 2.33. The van der Waals surface area contributed by atoms with E-state index in [-0.39, 0.29) is 0 Å². The fourth-order valence-electron chi connectivity index (χ4n) is 2.00. The van der Waals surface area contributed by atoms with E-state index in [0.29, 0.717) is 26.5 Å². The summed E-state index contributed by atoms with van der Waals surface area (Å²) in [4.78, 5) is 0. The Morgan fingerprint density at radius 2 is 1.62 bits per heavy atom. The van der Waals surface area contributed by atoms with Crippen molar-refractivity contribution >= 4 is 62.6 Å². The summed E-state index contributed by atoms with van der Waals surface area (Å²) in [5, 5.41) is 5.34. The van der Waals surface area contributed by atoms with E-state index < -0.39 is 0 Å². The Morgan fingerprint density at radius 3 is 2.29 bits per heavy atom. The molecule has 0 aliphatic carbocycles. The summed E-state index contributed by atoms with van der Waals surface area (Å²) in [7, 11) is 0. The quantitative estimate of drug-likeness (QED) is 0.344. The van der Waals surface area contributed by atoms with Crippen molar-refractivity contribution in [1.29, 1.82) is 0 Å². The van der Waals surface area contributed by atoms with E-state index in [4.69, 9.17) is 39.2 Å². The van der Waals surface area contributed by atoms with E-state index in [0.717, 1.165) is 15.8 Å². The SMILES string of the molecule is Clc1cc(Cl)c(N/N=C/c2ccc(-c3ccc(Br)cc3)o2)c(Cl)c1. The molecule has 0 spiro atoms. The Balaban J connectivity index is 1.73. The predicted octanol–water partition coefficient (Wildman–Crippen LogP) is 7.12. The molecule has 0 radical (unpaired) electrons. The van der Waals surface area contributed by atoms with E-state index >= 15 is 0 Å². The largest absolute Gasteiger partial charge is 0.455 e. The molecule has 7 heteroatoms. The molecule has 1 heterocycles. The van der Waals surface area contributed by atoms with Crippen LogP contribution in [0.5, 0.6) is 0 Å². The number of nitrogens with one attached hydrogen (secondary N) is 1. The molecule has 3 rings (SSSR count). The highest BCUT2D eigenvalue weighted by Gasteiger charge is 2.07. The molecule has 2 aromatic carbocycles. The number of furan rings is 1. The molecule has 0 amide bonds. The van der Waals surface area contributed by atoms with Gasteiger partial charge in [-0.05, 0) is 36.4 Å². The Kier molecular flexibility index (Phi) is 5.51. The van der Waals surface area contributed by atoms with Crippen molar-refractivity contribution in [2.24, 2.45) is 5.10 Å². The van der Waals surface area contributed by atoms with E-state index in [1.165, 1.54) is 0 Å². The highest BCUT2D eigenvalue weighted by atomic mass is 79.9. The van der Waals surface area contributed by atoms with Crippen LogP contribution in [0.25, 0.3) is 11.3 Å². The third kappa shape index (κ3) is 4.14. The van der Waals surface area contributed by atoms with Gasteiger partial charge in [-0.3, -0.25) is 5.43 Å². The van der Waals surface area contributed by atoms with E-state index in [9.17, 15) is 0 Å². The molecular formula is C17H10BrCl3N2O. The topological polar surface area (TPSA) is 37.5 Å². The van der Waals surface area contributed by atoms with Gasteiger partial charge in [0, 0.05) is 15.1 Å². The summed E-state index contributed by atoms with van der Waals surface area (Å²) < 4.78 is 6.75. The summed E-state index contributed by atoms with van der Waals surface area (Å²) in [5.74, 6) is 1.35. The second-order valence-corrected chi connectivity index (χ2v) is 6.99. The molecule has 0 fully saturated rings. The highest BCUT2D eigenvalue weighted by molar-refractivity contribution is 9.10. The van der Waals surface area contributed by atoms with Crippen molar-refractivity contribution < 1.29 is 4.42 Å². The van der Waals surface area contributed by atoms with Crippen molar-refractivity contribution in [3.05, 3.63) is 73.8 Å². The monoisotopic (exact) mass is 442 g/mol. The van der Waals surface area contributed by atoms with Crippen LogP contribution in [0, 0.1) is 0 Å². The number of halogens is 4. The van der Waals surface area contributed by atoms with E-state index in [1.54, 1.807) is 18.3 Å². The van der Waals surface area contributed by atoms with Crippen molar-refractivity contribution in [2.45, 2.75) is 0 Å². The van der Waals surface area contributed by atoms with Crippen LogP contribution in [0.4, 0.5) is 5.69 Å². The Labute approximate surface area is 162 Å². The van der Waals surface area contributed by atoms with Gasteiger partial charge >= 0.3 is 0 Å². The smallest absolute Gasteiger partial charge is 0.147 e. The van der Waals surface area contributed by atoms with Gasteiger partial charge in [-0.1, -0.05) is 62.9 Å².